The minimum Gasteiger partial charge on any atom is -0.506 e. The summed E-state index contributed by atoms with van der Waals surface area (Å²) in [6.45, 7) is 4.87. The van der Waals surface area contributed by atoms with Gasteiger partial charge in [0.25, 0.3) is 0 Å². The van der Waals surface area contributed by atoms with Crippen LogP contribution in [0.5, 0.6) is 5.75 Å². The molecule has 0 unspecified atom stereocenters. The quantitative estimate of drug-likeness (QED) is 0.593. The Morgan fingerprint density at radius 1 is 0.950 bits per heavy atom. The summed E-state index contributed by atoms with van der Waals surface area (Å²) in [6, 6.07) is 8.02. The number of benzene rings is 2. The minimum absolute atomic E-state index is 0.227. The molecule has 0 radical (unpaired) electrons. The molecule has 2 N–H and O–H groups in total. The summed E-state index contributed by atoms with van der Waals surface area (Å²) >= 11 is 10.2. The van der Waals surface area contributed by atoms with E-state index in [2.05, 4.69) is 79.1 Å². The van der Waals surface area contributed by atoms with E-state index in [1.54, 1.807) is 0 Å². The van der Waals surface area contributed by atoms with Gasteiger partial charge < -0.3 is 10.4 Å². The molecule has 5 heteroatoms. The van der Waals surface area contributed by atoms with Crippen molar-refractivity contribution in [1.29, 1.82) is 0 Å². The van der Waals surface area contributed by atoms with Gasteiger partial charge in [-0.25, -0.2) is 0 Å². The van der Waals surface area contributed by atoms with Gasteiger partial charge in [0.05, 0.1) is 8.95 Å². The van der Waals surface area contributed by atoms with Gasteiger partial charge in [0.15, 0.2) is 0 Å². The van der Waals surface area contributed by atoms with Gasteiger partial charge in [-0.15, -0.1) is 0 Å². The van der Waals surface area contributed by atoms with Gasteiger partial charge in [-0.1, -0.05) is 15.9 Å². The van der Waals surface area contributed by atoms with E-state index in [0.29, 0.717) is 15.5 Å². The standard InChI is InChI=1S/C15H14Br3NO/c1-8-3-11(16)4-9(2)14(8)19-7-10-5-12(17)15(20)13(18)6-10/h3-6,19-20H,7H2,1-2H3. The van der Waals surface area contributed by atoms with E-state index in [4.69, 9.17) is 0 Å². The molecule has 0 atom stereocenters. The number of aryl methyl sites for hydroxylation is 2. The number of anilines is 1. The molecule has 0 amide bonds. The number of hydrogen-bond donors (Lipinski definition) is 2. The van der Waals surface area contributed by atoms with Gasteiger partial charge in [0, 0.05) is 16.7 Å². The molecule has 0 saturated carbocycles. The fraction of sp³-hybridized carbons (Fsp3) is 0.200. The molecule has 2 nitrogen and oxygen atoms in total. The van der Waals surface area contributed by atoms with Crippen molar-refractivity contribution < 1.29 is 5.11 Å². The zero-order chi connectivity index (χ0) is 14.9. The van der Waals surface area contributed by atoms with E-state index in [1.165, 1.54) is 11.1 Å². The number of phenols is 1. The smallest absolute Gasteiger partial charge is 0.143 e. The number of halogens is 3. The highest BCUT2D eigenvalue weighted by Crippen LogP contribution is 2.34. The Morgan fingerprint density at radius 2 is 1.45 bits per heavy atom. The molecule has 20 heavy (non-hydrogen) atoms. The van der Waals surface area contributed by atoms with Gasteiger partial charge in [-0.05, 0) is 86.7 Å². The molecule has 0 bridgehead atoms. The third-order valence-corrected chi connectivity index (χ3v) is 4.71. The van der Waals surface area contributed by atoms with Crippen LogP contribution in [-0.4, -0.2) is 5.11 Å². The lowest BCUT2D eigenvalue weighted by Gasteiger charge is -2.14. The summed E-state index contributed by atoms with van der Waals surface area (Å²) in [7, 11) is 0. The van der Waals surface area contributed by atoms with Crippen LogP contribution in [0.25, 0.3) is 0 Å². The predicted octanol–water partition coefficient (Wildman–Crippen LogP) is 5.91. The van der Waals surface area contributed by atoms with Crippen LogP contribution in [0.4, 0.5) is 5.69 Å². The SMILES string of the molecule is Cc1cc(Br)cc(C)c1NCc1cc(Br)c(O)c(Br)c1. The Bertz CT molecular complexity index is 610. The third kappa shape index (κ3) is 3.57. The van der Waals surface area contributed by atoms with Crippen LogP contribution in [-0.2, 0) is 6.54 Å². The molecule has 0 aliphatic carbocycles. The topological polar surface area (TPSA) is 32.3 Å². The lowest BCUT2D eigenvalue weighted by molar-refractivity contribution is 0.468. The maximum Gasteiger partial charge on any atom is 0.143 e. The number of nitrogens with one attached hydrogen (secondary N) is 1. The Morgan fingerprint density at radius 3 is 1.95 bits per heavy atom. The van der Waals surface area contributed by atoms with Crippen LogP contribution in [0.2, 0.25) is 0 Å². The molecule has 2 rings (SSSR count). The summed E-state index contributed by atoms with van der Waals surface area (Å²) in [6.07, 6.45) is 0. The molecule has 2 aromatic rings. The monoisotopic (exact) mass is 461 g/mol. The highest BCUT2D eigenvalue weighted by molar-refractivity contribution is 9.11. The van der Waals surface area contributed by atoms with Crippen molar-refractivity contribution in [2.45, 2.75) is 20.4 Å². The molecule has 0 fully saturated rings. The summed E-state index contributed by atoms with van der Waals surface area (Å²) in [4.78, 5) is 0. The summed E-state index contributed by atoms with van der Waals surface area (Å²) in [5.74, 6) is 0.227. The molecule has 0 aromatic heterocycles. The summed E-state index contributed by atoms with van der Waals surface area (Å²) in [5.41, 5.74) is 4.64. The normalized spacial score (nSPS) is 10.7. The van der Waals surface area contributed by atoms with E-state index in [-0.39, 0.29) is 5.75 Å². The molecular formula is C15H14Br3NO. The molecule has 2 aromatic carbocycles. The van der Waals surface area contributed by atoms with Crippen LogP contribution >= 0.6 is 47.8 Å². The summed E-state index contributed by atoms with van der Waals surface area (Å²) in [5, 5.41) is 13.2. The van der Waals surface area contributed by atoms with E-state index >= 15 is 0 Å². The first-order valence-electron chi connectivity index (χ1n) is 6.06. The summed E-state index contributed by atoms with van der Waals surface area (Å²) < 4.78 is 2.47. The fourth-order valence-corrected chi connectivity index (χ4v) is 4.07. The van der Waals surface area contributed by atoms with E-state index in [1.807, 2.05) is 12.1 Å². The van der Waals surface area contributed by atoms with Gasteiger partial charge >= 0.3 is 0 Å². The Balaban J connectivity index is 2.21. The lowest BCUT2D eigenvalue weighted by atomic mass is 10.1. The van der Waals surface area contributed by atoms with Crippen molar-refractivity contribution >= 4 is 53.5 Å². The van der Waals surface area contributed by atoms with Crippen molar-refractivity contribution in [3.63, 3.8) is 0 Å². The minimum atomic E-state index is 0.227. The van der Waals surface area contributed by atoms with Crippen molar-refractivity contribution in [3.05, 3.63) is 54.4 Å². The van der Waals surface area contributed by atoms with Crippen LogP contribution in [0, 0.1) is 13.8 Å². The second kappa shape index (κ2) is 6.50. The first kappa shape index (κ1) is 15.9. The number of hydrogen-bond acceptors (Lipinski definition) is 2. The second-order valence-corrected chi connectivity index (χ2v) is 7.30. The second-order valence-electron chi connectivity index (χ2n) is 4.68. The van der Waals surface area contributed by atoms with Crippen molar-refractivity contribution in [1.82, 2.24) is 0 Å². The Hall–Kier alpha value is -0.520. The largest absolute Gasteiger partial charge is 0.506 e. The number of aromatic hydroxyl groups is 1. The maximum absolute atomic E-state index is 9.72. The molecule has 106 valence electrons. The van der Waals surface area contributed by atoms with Gasteiger partial charge in [0.2, 0.25) is 0 Å². The maximum atomic E-state index is 9.72. The fourth-order valence-electron chi connectivity index (χ4n) is 2.10. The van der Waals surface area contributed by atoms with E-state index in [0.717, 1.165) is 15.7 Å². The van der Waals surface area contributed by atoms with Crippen LogP contribution in [0.3, 0.4) is 0 Å². The van der Waals surface area contributed by atoms with E-state index in [9.17, 15) is 5.11 Å². The molecule has 0 aliphatic heterocycles. The number of phenolic OH excluding ortho intramolecular Hbond substituents is 1. The van der Waals surface area contributed by atoms with Gasteiger partial charge in [0.1, 0.15) is 5.75 Å². The molecule has 0 aliphatic rings. The van der Waals surface area contributed by atoms with Crippen LogP contribution in [0.15, 0.2) is 37.7 Å². The van der Waals surface area contributed by atoms with Crippen molar-refractivity contribution in [2.75, 3.05) is 5.32 Å². The molecule has 0 spiro atoms. The first-order valence-corrected chi connectivity index (χ1v) is 8.44. The van der Waals surface area contributed by atoms with Crippen molar-refractivity contribution in [2.24, 2.45) is 0 Å². The molecule has 0 saturated heterocycles. The van der Waals surface area contributed by atoms with Crippen molar-refractivity contribution in [3.8, 4) is 5.75 Å². The highest BCUT2D eigenvalue weighted by Gasteiger charge is 2.08. The average molecular weight is 464 g/mol. The Kier molecular flexibility index (Phi) is 5.15. The third-order valence-electron chi connectivity index (χ3n) is 3.04. The average Bonchev–Trinajstić information content (AvgIpc) is 2.34. The van der Waals surface area contributed by atoms with E-state index < -0.39 is 0 Å². The highest BCUT2D eigenvalue weighted by atomic mass is 79.9. The first-order chi connectivity index (χ1) is 9.38. The number of rotatable bonds is 3. The zero-order valence-electron chi connectivity index (χ0n) is 11.1. The lowest BCUT2D eigenvalue weighted by Crippen LogP contribution is -2.03. The molecule has 0 heterocycles. The molecular weight excluding hydrogens is 450 g/mol. The van der Waals surface area contributed by atoms with Gasteiger partial charge in [-0.2, -0.15) is 0 Å². The van der Waals surface area contributed by atoms with Gasteiger partial charge in [-0.3, -0.25) is 0 Å². The van der Waals surface area contributed by atoms with Crippen LogP contribution < -0.4 is 5.32 Å². The predicted molar refractivity (Wildman–Crippen MR) is 94.4 cm³/mol. The zero-order valence-corrected chi connectivity index (χ0v) is 15.9. The van der Waals surface area contributed by atoms with Crippen LogP contribution in [0.1, 0.15) is 16.7 Å². The Labute approximate surface area is 144 Å².